The molecule has 13 heavy (non-hydrogen) atoms. The molecule has 0 aromatic heterocycles. The molecule has 4 N–H and O–H groups in total. The molecule has 0 bridgehead atoms. The lowest BCUT2D eigenvalue weighted by Crippen LogP contribution is -2.22. The lowest BCUT2D eigenvalue weighted by atomic mass is 9.99. The van der Waals surface area contributed by atoms with Crippen molar-refractivity contribution in [1.82, 2.24) is 0 Å². The van der Waals surface area contributed by atoms with Crippen LogP contribution < -0.4 is 11.5 Å². The van der Waals surface area contributed by atoms with Crippen molar-refractivity contribution in [2.24, 2.45) is 11.5 Å². The van der Waals surface area contributed by atoms with E-state index in [4.69, 9.17) is 11.5 Å². The van der Waals surface area contributed by atoms with Gasteiger partial charge in [0.25, 0.3) is 0 Å². The van der Waals surface area contributed by atoms with Crippen LogP contribution in [-0.4, -0.2) is 6.54 Å². The predicted molar refractivity (Wildman–Crippen MR) is 59.5 cm³/mol. The van der Waals surface area contributed by atoms with Gasteiger partial charge in [0, 0.05) is 17.1 Å². The van der Waals surface area contributed by atoms with Gasteiger partial charge in [-0.25, -0.2) is 0 Å². The average Bonchev–Trinajstić information content (AvgIpc) is 2.16. The first kappa shape index (κ1) is 10.7. The van der Waals surface area contributed by atoms with Crippen LogP contribution >= 0.6 is 15.9 Å². The molecule has 1 aromatic rings. The van der Waals surface area contributed by atoms with Gasteiger partial charge in [-0.05, 0) is 29.7 Å². The lowest BCUT2D eigenvalue weighted by molar-refractivity contribution is 0.726. The van der Waals surface area contributed by atoms with Gasteiger partial charge in [0.05, 0.1) is 0 Å². The van der Waals surface area contributed by atoms with Gasteiger partial charge in [-0.2, -0.15) is 0 Å². The number of halogens is 1. The van der Waals surface area contributed by atoms with Crippen LogP contribution in [0.3, 0.4) is 0 Å². The molecule has 0 saturated carbocycles. The van der Waals surface area contributed by atoms with Crippen LogP contribution in [0.1, 0.15) is 24.1 Å². The number of nitrogens with two attached hydrogens (primary N) is 2. The van der Waals surface area contributed by atoms with Gasteiger partial charge in [-0.1, -0.05) is 28.9 Å². The van der Waals surface area contributed by atoms with Crippen molar-refractivity contribution < 1.29 is 0 Å². The molecule has 1 unspecified atom stereocenters. The molecular weight excluding hydrogens is 228 g/mol. The molecule has 0 aliphatic heterocycles. The summed E-state index contributed by atoms with van der Waals surface area (Å²) < 4.78 is 1.06. The van der Waals surface area contributed by atoms with Crippen molar-refractivity contribution in [1.29, 1.82) is 0 Å². The topological polar surface area (TPSA) is 52.0 Å². The van der Waals surface area contributed by atoms with Gasteiger partial charge in [-0.15, -0.1) is 0 Å². The van der Waals surface area contributed by atoms with Gasteiger partial charge in [-0.3, -0.25) is 0 Å². The maximum Gasteiger partial charge on any atom is 0.0422 e. The van der Waals surface area contributed by atoms with Gasteiger partial charge in [0.15, 0.2) is 0 Å². The molecule has 72 valence electrons. The van der Waals surface area contributed by atoms with Gasteiger partial charge >= 0.3 is 0 Å². The van der Waals surface area contributed by atoms with E-state index in [-0.39, 0.29) is 6.04 Å². The summed E-state index contributed by atoms with van der Waals surface area (Å²) in [5.74, 6) is 0. The Morgan fingerprint density at radius 3 is 2.69 bits per heavy atom. The highest BCUT2D eigenvalue weighted by Gasteiger charge is 2.08. The summed E-state index contributed by atoms with van der Waals surface area (Å²) in [6.07, 6.45) is 0.996. The van der Waals surface area contributed by atoms with Crippen molar-refractivity contribution >= 4 is 15.9 Å². The van der Waals surface area contributed by atoms with Crippen LogP contribution in [0.4, 0.5) is 0 Å². The van der Waals surface area contributed by atoms with E-state index in [2.05, 4.69) is 35.0 Å². The fraction of sp³-hybridized carbons (Fsp3) is 0.400. The quantitative estimate of drug-likeness (QED) is 0.852. The number of aryl methyl sites for hydroxylation is 1. The van der Waals surface area contributed by atoms with Crippen LogP contribution in [0.5, 0.6) is 0 Å². The summed E-state index contributed by atoms with van der Waals surface area (Å²) >= 11 is 3.43. The molecule has 0 radical (unpaired) electrons. The summed E-state index contributed by atoms with van der Waals surface area (Å²) in [7, 11) is 0. The zero-order valence-electron chi connectivity index (χ0n) is 7.76. The summed E-state index contributed by atoms with van der Waals surface area (Å²) in [4.78, 5) is 0. The zero-order chi connectivity index (χ0) is 9.84. The largest absolute Gasteiger partial charge is 0.329 e. The molecule has 0 aliphatic carbocycles. The van der Waals surface area contributed by atoms with E-state index in [0.29, 0.717) is 6.54 Å². The number of hydrogen-bond donors (Lipinski definition) is 2. The third kappa shape index (κ3) is 2.53. The van der Waals surface area contributed by atoms with E-state index in [1.807, 2.05) is 6.07 Å². The molecule has 2 nitrogen and oxygen atoms in total. The summed E-state index contributed by atoms with van der Waals surface area (Å²) in [6, 6.07) is 6.13. The Morgan fingerprint density at radius 2 is 2.15 bits per heavy atom. The van der Waals surface area contributed by atoms with Crippen molar-refractivity contribution in [3.8, 4) is 0 Å². The third-order valence-electron chi connectivity index (χ3n) is 2.14. The minimum Gasteiger partial charge on any atom is -0.329 e. The van der Waals surface area contributed by atoms with Crippen LogP contribution in [0.25, 0.3) is 0 Å². The monoisotopic (exact) mass is 242 g/mol. The second-order valence-electron chi connectivity index (χ2n) is 3.04. The SMILES string of the molecule is CCc1ccc(Br)cc1C(N)CN. The van der Waals surface area contributed by atoms with Gasteiger partial charge in [0.2, 0.25) is 0 Å². The predicted octanol–water partition coefficient (Wildman–Crippen LogP) is 1.97. The van der Waals surface area contributed by atoms with E-state index in [9.17, 15) is 0 Å². The first-order chi connectivity index (χ1) is 6.19. The van der Waals surface area contributed by atoms with E-state index in [1.165, 1.54) is 5.56 Å². The molecule has 0 spiro atoms. The molecule has 0 amide bonds. The van der Waals surface area contributed by atoms with Crippen LogP contribution in [-0.2, 0) is 6.42 Å². The molecule has 1 atom stereocenters. The summed E-state index contributed by atoms with van der Waals surface area (Å²) in [6.45, 7) is 2.61. The van der Waals surface area contributed by atoms with Crippen molar-refractivity contribution in [2.45, 2.75) is 19.4 Å². The summed E-state index contributed by atoms with van der Waals surface area (Å²) in [5, 5.41) is 0. The Labute approximate surface area is 87.4 Å². The second kappa shape index (κ2) is 4.74. The highest BCUT2D eigenvalue weighted by Crippen LogP contribution is 2.21. The van der Waals surface area contributed by atoms with Crippen LogP contribution in [0.15, 0.2) is 22.7 Å². The first-order valence-corrected chi connectivity index (χ1v) is 5.22. The average molecular weight is 243 g/mol. The highest BCUT2D eigenvalue weighted by molar-refractivity contribution is 9.10. The smallest absolute Gasteiger partial charge is 0.0422 e. The van der Waals surface area contributed by atoms with Crippen molar-refractivity contribution in [2.75, 3.05) is 6.54 Å². The fourth-order valence-corrected chi connectivity index (χ4v) is 1.74. The third-order valence-corrected chi connectivity index (χ3v) is 2.64. The van der Waals surface area contributed by atoms with E-state index in [0.717, 1.165) is 16.5 Å². The van der Waals surface area contributed by atoms with Gasteiger partial charge in [0.1, 0.15) is 0 Å². The van der Waals surface area contributed by atoms with Crippen LogP contribution in [0.2, 0.25) is 0 Å². The number of hydrogen-bond acceptors (Lipinski definition) is 2. The maximum absolute atomic E-state index is 5.89. The molecule has 1 aromatic carbocycles. The standard InChI is InChI=1S/C10H15BrN2/c1-2-7-3-4-8(11)5-9(7)10(13)6-12/h3-5,10H,2,6,12-13H2,1H3. The Bertz CT molecular complexity index is 286. The molecule has 0 heterocycles. The molecule has 1 rings (SSSR count). The van der Waals surface area contributed by atoms with Crippen LogP contribution in [0, 0.1) is 0 Å². The first-order valence-electron chi connectivity index (χ1n) is 4.43. The highest BCUT2D eigenvalue weighted by atomic mass is 79.9. The Balaban J connectivity index is 3.07. The normalized spacial score (nSPS) is 12.9. The molecule has 3 heteroatoms. The van der Waals surface area contributed by atoms with Crippen molar-refractivity contribution in [3.63, 3.8) is 0 Å². The zero-order valence-corrected chi connectivity index (χ0v) is 9.34. The van der Waals surface area contributed by atoms with E-state index < -0.39 is 0 Å². The van der Waals surface area contributed by atoms with E-state index in [1.54, 1.807) is 0 Å². The second-order valence-corrected chi connectivity index (χ2v) is 3.95. The minimum absolute atomic E-state index is 0.0487. The lowest BCUT2D eigenvalue weighted by Gasteiger charge is -2.14. The maximum atomic E-state index is 5.89. The summed E-state index contributed by atoms with van der Waals surface area (Å²) in [5.41, 5.74) is 13.9. The Hall–Kier alpha value is -0.380. The van der Waals surface area contributed by atoms with E-state index >= 15 is 0 Å². The molecular formula is C10H15BrN2. The Morgan fingerprint density at radius 1 is 1.46 bits per heavy atom. The minimum atomic E-state index is -0.0487. The fourth-order valence-electron chi connectivity index (χ4n) is 1.36. The molecule has 0 saturated heterocycles. The molecule has 0 fully saturated rings. The van der Waals surface area contributed by atoms with Gasteiger partial charge < -0.3 is 11.5 Å². The Kier molecular flexibility index (Phi) is 3.90. The number of rotatable bonds is 3. The number of benzene rings is 1. The van der Waals surface area contributed by atoms with Crippen molar-refractivity contribution in [3.05, 3.63) is 33.8 Å². The molecule has 0 aliphatic rings.